The zero-order valence-electron chi connectivity index (χ0n) is 11.5. The average Bonchev–Trinajstić information content (AvgIpc) is 2.74. The molecule has 1 aromatic rings. The van der Waals surface area contributed by atoms with Crippen LogP contribution in [0.4, 0.5) is 10.7 Å². The molecule has 0 aliphatic carbocycles. The molecule has 0 fully saturated rings. The molecule has 20 heavy (non-hydrogen) atoms. The fraction of sp³-hybridized carbons (Fsp3) is 0.545. The van der Waals surface area contributed by atoms with E-state index in [4.69, 9.17) is 4.74 Å². The molecule has 0 spiro atoms. The van der Waals surface area contributed by atoms with Gasteiger partial charge in [-0.2, -0.15) is 4.57 Å². The molecule has 1 amide bonds. The van der Waals surface area contributed by atoms with Gasteiger partial charge in [-0.05, 0) is 25.7 Å². The number of hydrogen-bond acceptors (Lipinski definition) is 6. The highest BCUT2D eigenvalue weighted by atomic mass is 16.6. The van der Waals surface area contributed by atoms with Gasteiger partial charge in [-0.3, -0.25) is 0 Å². The van der Waals surface area contributed by atoms with E-state index in [1.807, 2.05) is 0 Å². The molecule has 111 valence electrons. The number of hydrogen-bond donors (Lipinski definition) is 2. The number of carbonyl (C=O) groups is 1. The topological polar surface area (TPSA) is 120 Å². The third-order valence-corrected chi connectivity index (χ3v) is 2.08. The van der Waals surface area contributed by atoms with Crippen molar-refractivity contribution in [2.24, 2.45) is 0 Å². The summed E-state index contributed by atoms with van der Waals surface area (Å²) in [7, 11) is 0. The lowest BCUT2D eigenvalue weighted by Gasteiger charge is -2.19. The molecule has 0 saturated carbocycles. The van der Waals surface area contributed by atoms with Gasteiger partial charge >= 0.3 is 12.0 Å². The fourth-order valence-electron chi connectivity index (χ4n) is 1.34. The van der Waals surface area contributed by atoms with Crippen LogP contribution in [0.2, 0.25) is 0 Å². The first-order chi connectivity index (χ1) is 9.20. The van der Waals surface area contributed by atoms with Gasteiger partial charge < -0.3 is 25.3 Å². The van der Waals surface area contributed by atoms with Crippen LogP contribution < -0.4 is 5.32 Å². The van der Waals surface area contributed by atoms with Crippen molar-refractivity contribution >= 4 is 12.0 Å². The molecule has 0 unspecified atom stereocenters. The second-order valence-corrected chi connectivity index (χ2v) is 4.95. The minimum Gasteiger partial charge on any atom is -0.444 e. The Morgan fingerprint density at radius 1 is 1.60 bits per heavy atom. The molecule has 0 bridgehead atoms. The Balaban J connectivity index is 2.44. The summed E-state index contributed by atoms with van der Waals surface area (Å²) >= 11 is 0. The van der Waals surface area contributed by atoms with E-state index in [-0.39, 0.29) is 19.2 Å². The van der Waals surface area contributed by atoms with Crippen LogP contribution in [-0.2, 0) is 4.74 Å². The zero-order chi connectivity index (χ0) is 15.3. The minimum atomic E-state index is -0.711. The maximum atomic E-state index is 11.4. The Labute approximate surface area is 115 Å². The Morgan fingerprint density at radius 2 is 2.25 bits per heavy atom. The van der Waals surface area contributed by atoms with Gasteiger partial charge in [0.2, 0.25) is 0 Å². The van der Waals surface area contributed by atoms with Gasteiger partial charge in [0.1, 0.15) is 18.0 Å². The van der Waals surface area contributed by atoms with Crippen LogP contribution in [0.3, 0.4) is 0 Å². The molecule has 0 aliphatic heterocycles. The molecule has 0 saturated heterocycles. The van der Waals surface area contributed by atoms with E-state index in [1.165, 1.54) is 12.4 Å². The van der Waals surface area contributed by atoms with E-state index < -0.39 is 22.6 Å². The van der Waals surface area contributed by atoms with Gasteiger partial charge in [0.15, 0.2) is 0 Å². The Bertz CT molecular complexity index is 479. The maximum Gasteiger partial charge on any atom is 0.437 e. The number of alkyl carbamates (subject to hydrolysis) is 1. The maximum absolute atomic E-state index is 11.4. The number of imidazole rings is 1. The van der Waals surface area contributed by atoms with Crippen molar-refractivity contribution < 1.29 is 19.6 Å². The first-order valence-electron chi connectivity index (χ1n) is 5.90. The van der Waals surface area contributed by atoms with E-state index in [1.54, 1.807) is 20.8 Å². The standard InChI is InChI=1S/C11H17N4O5/c1-11(2,3)20-10(17)13-5-4-8(16)14-7-6-12-9(14)15(18)19/h6-7,16H,4-5H2,1-3H3,(H,13,17). The van der Waals surface area contributed by atoms with E-state index in [9.17, 15) is 20.0 Å². The first-order valence-corrected chi connectivity index (χ1v) is 5.90. The summed E-state index contributed by atoms with van der Waals surface area (Å²) in [4.78, 5) is 24.8. The van der Waals surface area contributed by atoms with Crippen LogP contribution in [0.5, 0.6) is 0 Å². The van der Waals surface area contributed by atoms with Gasteiger partial charge in [-0.1, -0.05) is 4.98 Å². The van der Waals surface area contributed by atoms with Gasteiger partial charge in [-0.15, -0.1) is 0 Å². The van der Waals surface area contributed by atoms with Crippen molar-refractivity contribution in [1.29, 1.82) is 0 Å². The highest BCUT2D eigenvalue weighted by Gasteiger charge is 2.23. The monoisotopic (exact) mass is 285 g/mol. The lowest BCUT2D eigenvalue weighted by Crippen LogP contribution is -2.33. The Hall–Kier alpha value is -2.16. The molecular weight excluding hydrogens is 268 g/mol. The molecule has 1 aromatic heterocycles. The highest BCUT2D eigenvalue weighted by molar-refractivity contribution is 5.67. The quantitative estimate of drug-likeness (QED) is 0.623. The summed E-state index contributed by atoms with van der Waals surface area (Å²) in [6.45, 7) is 5.26. The van der Waals surface area contributed by atoms with Crippen LogP contribution in [0, 0.1) is 16.3 Å². The van der Waals surface area contributed by atoms with Gasteiger partial charge in [0.05, 0.1) is 0 Å². The number of nitro groups is 1. The summed E-state index contributed by atoms with van der Waals surface area (Å²) < 4.78 is 5.95. The van der Waals surface area contributed by atoms with Crippen LogP contribution in [0.25, 0.3) is 0 Å². The molecule has 1 radical (unpaired) electrons. The molecule has 2 N–H and O–H groups in total. The lowest BCUT2D eigenvalue weighted by molar-refractivity contribution is -0.396. The number of amides is 1. The number of carbonyl (C=O) groups excluding carboxylic acids is 1. The van der Waals surface area contributed by atoms with E-state index in [2.05, 4.69) is 10.3 Å². The number of rotatable bonds is 5. The molecule has 9 heteroatoms. The van der Waals surface area contributed by atoms with Crippen LogP contribution in [-0.4, -0.2) is 37.8 Å². The average molecular weight is 285 g/mol. The number of nitrogens with one attached hydrogen (secondary N) is 1. The largest absolute Gasteiger partial charge is 0.444 e. The van der Waals surface area contributed by atoms with Crippen molar-refractivity contribution in [2.75, 3.05) is 6.54 Å². The third-order valence-electron chi connectivity index (χ3n) is 2.08. The van der Waals surface area contributed by atoms with Gasteiger partial charge in [0, 0.05) is 13.0 Å². The molecule has 0 aromatic carbocycles. The smallest absolute Gasteiger partial charge is 0.437 e. The van der Waals surface area contributed by atoms with Crippen molar-refractivity contribution in [3.63, 3.8) is 0 Å². The second kappa shape index (κ2) is 6.33. The van der Waals surface area contributed by atoms with Crippen LogP contribution in [0.1, 0.15) is 27.2 Å². The predicted octanol–water partition coefficient (Wildman–Crippen LogP) is 1.42. The number of nitrogens with zero attached hydrogens (tertiary/aromatic N) is 3. The van der Waals surface area contributed by atoms with Crippen molar-refractivity contribution in [2.45, 2.75) is 32.8 Å². The highest BCUT2D eigenvalue weighted by Crippen LogP contribution is 2.15. The van der Waals surface area contributed by atoms with Crippen LogP contribution in [0.15, 0.2) is 12.4 Å². The lowest BCUT2D eigenvalue weighted by atomic mass is 10.2. The van der Waals surface area contributed by atoms with E-state index >= 15 is 0 Å². The van der Waals surface area contributed by atoms with Gasteiger partial charge in [0.25, 0.3) is 6.23 Å². The second-order valence-electron chi connectivity index (χ2n) is 4.95. The Kier molecular flexibility index (Phi) is 5.03. The molecule has 1 rings (SSSR count). The summed E-state index contributed by atoms with van der Waals surface area (Å²) in [6.07, 6.45) is 1.57. The zero-order valence-corrected chi connectivity index (χ0v) is 11.5. The fourth-order valence-corrected chi connectivity index (χ4v) is 1.34. The minimum absolute atomic E-state index is 0.0104. The summed E-state index contributed by atoms with van der Waals surface area (Å²) in [5.41, 5.74) is -0.612. The van der Waals surface area contributed by atoms with E-state index in [0.717, 1.165) is 4.57 Å². The number of aliphatic hydroxyl groups excluding tert-OH is 1. The molecule has 0 atom stereocenters. The molecule has 1 heterocycles. The number of aliphatic hydroxyl groups is 1. The van der Waals surface area contributed by atoms with Crippen molar-refractivity contribution in [3.05, 3.63) is 28.7 Å². The summed E-state index contributed by atoms with van der Waals surface area (Å²) in [5.74, 6) is -0.486. The molecule has 0 aliphatic rings. The third kappa shape index (κ3) is 4.84. The number of ether oxygens (including phenoxy) is 1. The van der Waals surface area contributed by atoms with E-state index in [0.29, 0.717) is 0 Å². The van der Waals surface area contributed by atoms with Crippen molar-refractivity contribution in [1.82, 2.24) is 14.9 Å². The Morgan fingerprint density at radius 3 is 2.80 bits per heavy atom. The SMILES string of the molecule is CC(C)(C)OC(=O)NCC[C](O)n1ccnc1[N+](=O)[O-]. The molecule has 9 nitrogen and oxygen atoms in total. The van der Waals surface area contributed by atoms with Gasteiger partial charge in [-0.25, -0.2) is 4.79 Å². The first kappa shape index (κ1) is 15.9. The predicted molar refractivity (Wildman–Crippen MR) is 68.3 cm³/mol. The normalized spacial score (nSPS) is 11.4. The van der Waals surface area contributed by atoms with Crippen LogP contribution >= 0.6 is 0 Å². The summed E-state index contributed by atoms with van der Waals surface area (Å²) in [5, 5.41) is 22.8. The van der Waals surface area contributed by atoms with Crippen molar-refractivity contribution in [3.8, 4) is 0 Å². The number of aromatic nitrogens is 2. The summed E-state index contributed by atoms with van der Waals surface area (Å²) in [6, 6.07) is 0. The molecular formula is C11H17N4O5.